The minimum Gasteiger partial charge on any atom is -0.395 e. The zero-order valence-corrected chi connectivity index (χ0v) is 10.7. The minimum atomic E-state index is -0.189. The molecule has 5 nitrogen and oxygen atoms in total. The summed E-state index contributed by atoms with van der Waals surface area (Å²) in [6.45, 7) is 3.43. The average molecular weight is 251 g/mol. The summed E-state index contributed by atoms with van der Waals surface area (Å²) in [6.07, 6.45) is 0.861. The molecule has 1 rings (SSSR count). The van der Waals surface area contributed by atoms with Crippen molar-refractivity contribution in [3.8, 4) is 0 Å². The van der Waals surface area contributed by atoms with E-state index in [0.717, 1.165) is 17.7 Å². The molecule has 0 aliphatic rings. The fraction of sp³-hybridized carbons (Fsp3) is 0.462. The lowest BCUT2D eigenvalue weighted by molar-refractivity contribution is 0.188. The monoisotopic (exact) mass is 251 g/mol. The number of nitrogens with two attached hydrogens (primary N) is 1. The van der Waals surface area contributed by atoms with Gasteiger partial charge >= 0.3 is 6.03 Å². The van der Waals surface area contributed by atoms with E-state index in [9.17, 15) is 4.79 Å². The number of rotatable bonds is 6. The van der Waals surface area contributed by atoms with Crippen molar-refractivity contribution < 1.29 is 9.90 Å². The highest BCUT2D eigenvalue weighted by molar-refractivity contribution is 5.89. The van der Waals surface area contributed by atoms with E-state index in [2.05, 4.69) is 5.32 Å². The lowest BCUT2D eigenvalue weighted by Crippen LogP contribution is -2.37. The van der Waals surface area contributed by atoms with E-state index in [1.54, 1.807) is 4.90 Å². The molecule has 100 valence electrons. The lowest BCUT2D eigenvalue weighted by Gasteiger charge is -2.21. The molecule has 0 fully saturated rings. The molecule has 0 bridgehead atoms. The zero-order valence-electron chi connectivity index (χ0n) is 10.7. The average Bonchev–Trinajstić information content (AvgIpc) is 2.39. The van der Waals surface area contributed by atoms with Crippen molar-refractivity contribution in [3.63, 3.8) is 0 Å². The van der Waals surface area contributed by atoms with Crippen LogP contribution in [0.3, 0.4) is 0 Å². The topological polar surface area (TPSA) is 78.6 Å². The van der Waals surface area contributed by atoms with Gasteiger partial charge in [-0.1, -0.05) is 19.1 Å². The van der Waals surface area contributed by atoms with Gasteiger partial charge in [-0.15, -0.1) is 0 Å². The van der Waals surface area contributed by atoms with Crippen LogP contribution in [-0.2, 0) is 6.54 Å². The number of hydrogen-bond acceptors (Lipinski definition) is 3. The molecule has 0 aromatic heterocycles. The van der Waals surface area contributed by atoms with Crippen LogP contribution in [0.25, 0.3) is 0 Å². The number of amides is 2. The van der Waals surface area contributed by atoms with Gasteiger partial charge in [0.15, 0.2) is 0 Å². The number of anilines is 1. The van der Waals surface area contributed by atoms with Crippen LogP contribution < -0.4 is 11.1 Å². The first-order chi connectivity index (χ1) is 8.71. The molecule has 1 aromatic rings. The Kier molecular flexibility index (Phi) is 6.18. The van der Waals surface area contributed by atoms with Gasteiger partial charge in [0.25, 0.3) is 0 Å². The second-order valence-electron chi connectivity index (χ2n) is 4.04. The maximum absolute atomic E-state index is 11.9. The van der Waals surface area contributed by atoms with Crippen LogP contribution >= 0.6 is 0 Å². The van der Waals surface area contributed by atoms with E-state index in [-0.39, 0.29) is 12.6 Å². The van der Waals surface area contributed by atoms with Crippen molar-refractivity contribution in [2.75, 3.05) is 25.0 Å². The van der Waals surface area contributed by atoms with Crippen LogP contribution in [0.15, 0.2) is 24.3 Å². The second kappa shape index (κ2) is 7.68. The predicted molar refractivity (Wildman–Crippen MR) is 72.3 cm³/mol. The van der Waals surface area contributed by atoms with Crippen LogP contribution in [0.5, 0.6) is 0 Å². The number of carbonyl (C=O) groups excluding carboxylic acids is 1. The molecule has 0 spiro atoms. The van der Waals surface area contributed by atoms with E-state index in [4.69, 9.17) is 10.8 Å². The third-order valence-electron chi connectivity index (χ3n) is 2.59. The summed E-state index contributed by atoms with van der Waals surface area (Å²) in [5.41, 5.74) is 7.26. The molecule has 0 aliphatic heterocycles. The highest BCUT2D eigenvalue weighted by Crippen LogP contribution is 2.10. The van der Waals surface area contributed by atoms with Crippen molar-refractivity contribution >= 4 is 11.7 Å². The Labute approximate surface area is 108 Å². The molecular weight excluding hydrogens is 230 g/mol. The first-order valence-corrected chi connectivity index (χ1v) is 6.17. The predicted octanol–water partition coefficient (Wildman–Crippen LogP) is 1.38. The lowest BCUT2D eigenvalue weighted by atomic mass is 10.2. The van der Waals surface area contributed by atoms with Gasteiger partial charge in [0.2, 0.25) is 0 Å². The Hall–Kier alpha value is -1.59. The summed E-state index contributed by atoms with van der Waals surface area (Å²) in [6, 6.07) is 7.22. The summed E-state index contributed by atoms with van der Waals surface area (Å²) in [4.78, 5) is 13.5. The van der Waals surface area contributed by atoms with Crippen LogP contribution in [0.2, 0.25) is 0 Å². The second-order valence-corrected chi connectivity index (χ2v) is 4.04. The molecule has 0 radical (unpaired) electrons. The summed E-state index contributed by atoms with van der Waals surface area (Å²) in [5, 5.41) is 11.7. The molecule has 0 saturated heterocycles. The van der Waals surface area contributed by atoms with Crippen LogP contribution in [0, 0.1) is 0 Å². The Morgan fingerprint density at radius 1 is 1.33 bits per heavy atom. The standard InChI is InChI=1S/C13H21N3O2/c1-2-7-16(8-9-17)13(18)15-12-5-3-11(10-14)4-6-12/h3-6,17H,2,7-10,14H2,1H3,(H,15,18). The molecule has 18 heavy (non-hydrogen) atoms. The van der Waals surface area contributed by atoms with Crippen molar-refractivity contribution in [1.82, 2.24) is 4.90 Å². The summed E-state index contributed by atoms with van der Waals surface area (Å²) >= 11 is 0. The number of urea groups is 1. The zero-order chi connectivity index (χ0) is 13.4. The highest BCUT2D eigenvalue weighted by Gasteiger charge is 2.11. The maximum Gasteiger partial charge on any atom is 0.321 e. The fourth-order valence-corrected chi connectivity index (χ4v) is 1.63. The van der Waals surface area contributed by atoms with Gasteiger partial charge in [0, 0.05) is 25.3 Å². The molecule has 0 unspecified atom stereocenters. The van der Waals surface area contributed by atoms with Gasteiger partial charge in [-0.05, 0) is 24.1 Å². The van der Waals surface area contributed by atoms with E-state index in [1.165, 1.54) is 0 Å². The molecule has 4 N–H and O–H groups in total. The SMILES string of the molecule is CCCN(CCO)C(=O)Nc1ccc(CN)cc1. The molecule has 1 aromatic carbocycles. The Morgan fingerprint density at radius 2 is 2.00 bits per heavy atom. The summed E-state index contributed by atoms with van der Waals surface area (Å²) in [7, 11) is 0. The molecule has 2 amide bonds. The van der Waals surface area contributed by atoms with Crippen molar-refractivity contribution in [2.45, 2.75) is 19.9 Å². The largest absolute Gasteiger partial charge is 0.395 e. The Morgan fingerprint density at radius 3 is 2.50 bits per heavy atom. The normalized spacial score (nSPS) is 10.2. The van der Waals surface area contributed by atoms with E-state index < -0.39 is 0 Å². The Balaban J connectivity index is 2.60. The van der Waals surface area contributed by atoms with Gasteiger partial charge in [0.05, 0.1) is 6.61 Å². The van der Waals surface area contributed by atoms with E-state index in [0.29, 0.717) is 19.6 Å². The maximum atomic E-state index is 11.9. The van der Waals surface area contributed by atoms with Gasteiger partial charge in [-0.25, -0.2) is 4.79 Å². The van der Waals surface area contributed by atoms with Gasteiger partial charge in [0.1, 0.15) is 0 Å². The third-order valence-corrected chi connectivity index (χ3v) is 2.59. The number of aliphatic hydroxyl groups excluding tert-OH is 1. The van der Waals surface area contributed by atoms with Gasteiger partial charge in [-0.3, -0.25) is 0 Å². The quantitative estimate of drug-likeness (QED) is 0.714. The smallest absolute Gasteiger partial charge is 0.321 e. The van der Waals surface area contributed by atoms with Crippen molar-refractivity contribution in [3.05, 3.63) is 29.8 Å². The third kappa shape index (κ3) is 4.35. The first kappa shape index (κ1) is 14.5. The number of carbonyl (C=O) groups is 1. The van der Waals surface area contributed by atoms with Crippen LogP contribution in [-0.4, -0.2) is 35.7 Å². The molecule has 0 aliphatic carbocycles. The summed E-state index contributed by atoms with van der Waals surface area (Å²) < 4.78 is 0. The Bertz CT molecular complexity index is 359. The number of aliphatic hydroxyl groups is 1. The van der Waals surface area contributed by atoms with Crippen molar-refractivity contribution in [1.29, 1.82) is 0 Å². The van der Waals surface area contributed by atoms with Gasteiger partial charge in [-0.2, -0.15) is 0 Å². The molecule has 0 saturated carbocycles. The first-order valence-electron chi connectivity index (χ1n) is 6.17. The van der Waals surface area contributed by atoms with Crippen molar-refractivity contribution in [2.24, 2.45) is 5.73 Å². The van der Waals surface area contributed by atoms with Crippen LogP contribution in [0.1, 0.15) is 18.9 Å². The summed E-state index contributed by atoms with van der Waals surface area (Å²) in [5.74, 6) is 0. The van der Waals surface area contributed by atoms with Crippen LogP contribution in [0.4, 0.5) is 10.5 Å². The number of nitrogens with zero attached hydrogens (tertiary/aromatic N) is 1. The number of nitrogens with one attached hydrogen (secondary N) is 1. The van der Waals surface area contributed by atoms with E-state index >= 15 is 0 Å². The number of hydrogen-bond donors (Lipinski definition) is 3. The minimum absolute atomic E-state index is 0.0282. The molecule has 0 heterocycles. The molecular formula is C13H21N3O2. The highest BCUT2D eigenvalue weighted by atomic mass is 16.3. The molecule has 0 atom stereocenters. The molecule has 5 heteroatoms. The fourth-order valence-electron chi connectivity index (χ4n) is 1.63. The van der Waals surface area contributed by atoms with Gasteiger partial charge < -0.3 is 21.1 Å². The number of benzene rings is 1. The van der Waals surface area contributed by atoms with E-state index in [1.807, 2.05) is 31.2 Å².